The molecule has 8 nitrogen and oxygen atoms in total. The number of hydrogen-bond donors (Lipinski definition) is 1. The Morgan fingerprint density at radius 2 is 1.43 bits per heavy atom. The molecule has 0 heterocycles. The second-order valence-electron chi connectivity index (χ2n) is 8.07. The average Bonchev–Trinajstić information content (AvgIpc) is 2.52. The molecule has 0 fully saturated rings. The molecule has 0 atom stereocenters. The van der Waals surface area contributed by atoms with E-state index >= 15 is 0 Å². The Morgan fingerprint density at radius 3 is 1.93 bits per heavy atom. The number of nitrogens with one attached hydrogen (secondary N) is 1. The first-order valence-electron chi connectivity index (χ1n) is 9.48. The fourth-order valence-electron chi connectivity index (χ4n) is 1.85. The molecule has 8 heteroatoms. The van der Waals surface area contributed by atoms with Gasteiger partial charge in [0.05, 0.1) is 26.4 Å². The third-order valence-electron chi connectivity index (χ3n) is 2.97. The summed E-state index contributed by atoms with van der Waals surface area (Å²) in [5.74, 6) is 2.49. The second kappa shape index (κ2) is 13.2. The fourth-order valence-corrected chi connectivity index (χ4v) is 1.85. The van der Waals surface area contributed by atoms with E-state index in [4.69, 9.17) is 25.4 Å². The van der Waals surface area contributed by atoms with Crippen molar-refractivity contribution in [3.63, 3.8) is 0 Å². The Balaban J connectivity index is 4.20. The first-order chi connectivity index (χ1) is 12.9. The third kappa shape index (κ3) is 16.2. The van der Waals surface area contributed by atoms with E-state index in [2.05, 4.69) is 11.2 Å². The number of hydrogen-bond acceptors (Lipinski definition) is 6. The predicted octanol–water partition coefficient (Wildman–Crippen LogP) is 2.80. The summed E-state index contributed by atoms with van der Waals surface area (Å²) < 4.78 is 21.4. The zero-order valence-corrected chi connectivity index (χ0v) is 18.1. The number of carbonyl (C=O) groups is 2. The van der Waals surface area contributed by atoms with Crippen LogP contribution in [0.15, 0.2) is 0 Å². The first kappa shape index (κ1) is 26.0. The summed E-state index contributed by atoms with van der Waals surface area (Å²) in [5.41, 5.74) is -1.13. The molecule has 0 bridgehead atoms. The molecule has 0 aromatic rings. The molecule has 0 saturated heterocycles. The van der Waals surface area contributed by atoms with Crippen LogP contribution < -0.4 is 5.32 Å². The smallest absolute Gasteiger partial charge is 0.410 e. The van der Waals surface area contributed by atoms with Crippen LogP contribution in [-0.4, -0.2) is 74.4 Å². The van der Waals surface area contributed by atoms with Crippen LogP contribution in [0.25, 0.3) is 0 Å². The normalized spacial score (nSPS) is 11.5. The van der Waals surface area contributed by atoms with Gasteiger partial charge in [0.1, 0.15) is 11.2 Å². The van der Waals surface area contributed by atoms with E-state index in [-0.39, 0.29) is 0 Å². The van der Waals surface area contributed by atoms with E-state index in [9.17, 15) is 9.59 Å². The number of carbonyl (C=O) groups excluding carboxylic acids is 2. The number of nitrogens with zero attached hydrogens (tertiary/aromatic N) is 1. The van der Waals surface area contributed by atoms with Gasteiger partial charge in [-0.1, -0.05) is 0 Å². The molecule has 0 aliphatic carbocycles. The topological polar surface area (TPSA) is 86.3 Å². The summed E-state index contributed by atoms with van der Waals surface area (Å²) >= 11 is 0. The van der Waals surface area contributed by atoms with Crippen LogP contribution in [-0.2, 0) is 18.9 Å². The molecule has 0 rings (SSSR count). The summed E-state index contributed by atoms with van der Waals surface area (Å²) in [5, 5.41) is 2.61. The summed E-state index contributed by atoms with van der Waals surface area (Å²) in [6, 6.07) is 0. The van der Waals surface area contributed by atoms with Gasteiger partial charge >= 0.3 is 12.2 Å². The lowest BCUT2D eigenvalue weighted by Gasteiger charge is -2.27. The first-order valence-corrected chi connectivity index (χ1v) is 9.48. The molecule has 0 aromatic heterocycles. The minimum Gasteiger partial charge on any atom is -0.444 e. The minimum absolute atomic E-state index is 0.305. The van der Waals surface area contributed by atoms with Gasteiger partial charge in [0.2, 0.25) is 0 Å². The van der Waals surface area contributed by atoms with Gasteiger partial charge in [-0.05, 0) is 41.5 Å². The van der Waals surface area contributed by atoms with Crippen LogP contribution in [0, 0.1) is 12.3 Å². The van der Waals surface area contributed by atoms with Gasteiger partial charge in [-0.25, -0.2) is 9.59 Å². The van der Waals surface area contributed by atoms with Crippen LogP contribution in [0.3, 0.4) is 0 Å². The van der Waals surface area contributed by atoms with Crippen LogP contribution in [0.5, 0.6) is 0 Å². The fraction of sp³-hybridized carbons (Fsp3) is 0.800. The number of amides is 2. The molecule has 0 aliphatic heterocycles. The standard InChI is InChI=1S/C20H36N2O6/c1-8-9-13-25-15-11-22(18(24)28-20(5,6)7)12-16-26-14-10-21-17(23)27-19(2,3)4/h1H,9-16H2,2-7H3,(H,21,23). The average molecular weight is 401 g/mol. The highest BCUT2D eigenvalue weighted by Crippen LogP contribution is 2.10. The predicted molar refractivity (Wildman–Crippen MR) is 107 cm³/mol. The maximum atomic E-state index is 12.3. The minimum atomic E-state index is -0.585. The lowest BCUT2D eigenvalue weighted by Crippen LogP contribution is -2.41. The largest absolute Gasteiger partial charge is 0.444 e. The molecule has 0 radical (unpaired) electrons. The van der Waals surface area contributed by atoms with Crippen molar-refractivity contribution in [2.45, 2.75) is 59.2 Å². The Bertz CT molecular complexity index is 502. The summed E-state index contributed by atoms with van der Waals surface area (Å²) in [7, 11) is 0. The van der Waals surface area contributed by atoms with Crippen molar-refractivity contribution >= 4 is 12.2 Å². The van der Waals surface area contributed by atoms with Gasteiger partial charge in [0, 0.05) is 26.1 Å². The molecule has 0 aromatic carbocycles. The van der Waals surface area contributed by atoms with Crippen molar-refractivity contribution in [1.29, 1.82) is 0 Å². The molecule has 0 spiro atoms. The Hall–Kier alpha value is -1.98. The number of alkyl carbamates (subject to hydrolysis) is 1. The van der Waals surface area contributed by atoms with Crippen molar-refractivity contribution in [2.24, 2.45) is 0 Å². The van der Waals surface area contributed by atoms with Crippen LogP contribution in [0.2, 0.25) is 0 Å². The monoisotopic (exact) mass is 400 g/mol. The third-order valence-corrected chi connectivity index (χ3v) is 2.97. The number of rotatable bonds is 11. The van der Waals surface area contributed by atoms with Gasteiger partial charge in [-0.2, -0.15) is 0 Å². The highest BCUT2D eigenvalue weighted by Gasteiger charge is 2.22. The van der Waals surface area contributed by atoms with E-state index in [0.29, 0.717) is 52.5 Å². The van der Waals surface area contributed by atoms with Gasteiger partial charge in [0.15, 0.2) is 0 Å². The molecule has 162 valence electrons. The Labute approximate surface area is 169 Å². The molecule has 0 saturated carbocycles. The second-order valence-corrected chi connectivity index (χ2v) is 8.07. The lowest BCUT2D eigenvalue weighted by molar-refractivity contribution is 0.0101. The van der Waals surface area contributed by atoms with E-state index in [1.165, 1.54) is 4.90 Å². The van der Waals surface area contributed by atoms with Crippen molar-refractivity contribution in [3.8, 4) is 12.3 Å². The van der Waals surface area contributed by atoms with Gasteiger partial charge in [-0.3, -0.25) is 0 Å². The van der Waals surface area contributed by atoms with Crippen LogP contribution in [0.4, 0.5) is 9.59 Å². The zero-order chi connectivity index (χ0) is 21.6. The maximum Gasteiger partial charge on any atom is 0.410 e. The molecule has 1 N–H and O–H groups in total. The quantitative estimate of drug-likeness (QED) is 0.424. The highest BCUT2D eigenvalue weighted by molar-refractivity contribution is 5.68. The van der Waals surface area contributed by atoms with Gasteiger partial charge < -0.3 is 29.2 Å². The molecule has 28 heavy (non-hydrogen) atoms. The van der Waals surface area contributed by atoms with Crippen molar-refractivity contribution in [2.75, 3.05) is 46.1 Å². The molecular weight excluding hydrogens is 364 g/mol. The Morgan fingerprint density at radius 1 is 0.893 bits per heavy atom. The number of terminal acetylenes is 1. The number of ether oxygens (including phenoxy) is 4. The van der Waals surface area contributed by atoms with Crippen LogP contribution >= 0.6 is 0 Å². The molecule has 0 unspecified atom stereocenters. The van der Waals surface area contributed by atoms with Crippen molar-refractivity contribution < 1.29 is 28.5 Å². The van der Waals surface area contributed by atoms with E-state index < -0.39 is 23.4 Å². The van der Waals surface area contributed by atoms with E-state index in [1.54, 1.807) is 20.8 Å². The zero-order valence-electron chi connectivity index (χ0n) is 18.1. The van der Waals surface area contributed by atoms with Crippen molar-refractivity contribution in [1.82, 2.24) is 10.2 Å². The maximum absolute atomic E-state index is 12.3. The van der Waals surface area contributed by atoms with E-state index in [1.807, 2.05) is 20.8 Å². The summed E-state index contributed by atoms with van der Waals surface area (Å²) in [4.78, 5) is 25.4. The Kier molecular flexibility index (Phi) is 12.3. The van der Waals surface area contributed by atoms with E-state index in [0.717, 1.165) is 0 Å². The molecule has 2 amide bonds. The van der Waals surface area contributed by atoms with Crippen LogP contribution in [0.1, 0.15) is 48.0 Å². The summed E-state index contributed by atoms with van der Waals surface area (Å²) in [6.45, 7) is 13.3. The lowest BCUT2D eigenvalue weighted by atomic mass is 10.2. The van der Waals surface area contributed by atoms with Gasteiger partial charge in [-0.15, -0.1) is 12.3 Å². The van der Waals surface area contributed by atoms with Gasteiger partial charge in [0.25, 0.3) is 0 Å². The molecule has 0 aliphatic rings. The highest BCUT2D eigenvalue weighted by atomic mass is 16.6. The SMILES string of the molecule is C#CCCOCCN(CCOCCNC(=O)OC(C)(C)C)C(=O)OC(C)(C)C. The molecular formula is C20H36N2O6. The van der Waals surface area contributed by atoms with Crippen molar-refractivity contribution in [3.05, 3.63) is 0 Å². The summed E-state index contributed by atoms with van der Waals surface area (Å²) in [6.07, 6.45) is 4.79.